The molecule has 0 unspecified atom stereocenters. The molecule has 2 amide bonds. The Hall–Kier alpha value is -1.83. The van der Waals surface area contributed by atoms with Gasteiger partial charge in [0.05, 0.1) is 15.7 Å². The van der Waals surface area contributed by atoms with Crippen LogP contribution in [0.25, 0.3) is 0 Å². The van der Waals surface area contributed by atoms with Crippen molar-refractivity contribution in [2.24, 2.45) is 0 Å². The van der Waals surface area contributed by atoms with Gasteiger partial charge in [-0.05, 0) is 32.0 Å². The zero-order valence-corrected chi connectivity index (χ0v) is 14.6. The molecule has 23 heavy (non-hydrogen) atoms. The van der Waals surface area contributed by atoms with Gasteiger partial charge in [-0.2, -0.15) is 0 Å². The van der Waals surface area contributed by atoms with Crippen molar-refractivity contribution in [3.05, 3.63) is 43.8 Å². The Labute approximate surface area is 146 Å². The van der Waals surface area contributed by atoms with Crippen LogP contribution < -0.4 is 15.6 Å². The number of nitrogens with one attached hydrogen (secondary N) is 2. The highest BCUT2D eigenvalue weighted by atomic mass is 35.5. The Balaban J connectivity index is 1.83. The molecule has 0 saturated heterocycles. The van der Waals surface area contributed by atoms with E-state index in [4.69, 9.17) is 27.9 Å². The van der Waals surface area contributed by atoms with Crippen LogP contribution in [0.3, 0.4) is 0 Å². The summed E-state index contributed by atoms with van der Waals surface area (Å²) in [6, 6.07) is 4.66. The lowest BCUT2D eigenvalue weighted by molar-refractivity contribution is -0.123. The first-order valence-corrected chi connectivity index (χ1v) is 8.05. The van der Waals surface area contributed by atoms with E-state index in [2.05, 4.69) is 15.8 Å². The lowest BCUT2D eigenvalue weighted by atomic mass is 10.3. The third kappa shape index (κ3) is 4.82. The standard InChI is InChI=1S/C14H13Cl2N3O3S/c1-7-13(23-8(2)17-7)14(21)19-18-12(20)6-22-11-4-3-9(15)5-10(11)16/h3-5H,6H2,1-2H3,(H,18,20)(H,19,21). The molecule has 2 aromatic rings. The van der Waals surface area contributed by atoms with E-state index < -0.39 is 11.8 Å². The number of carbonyl (C=O) groups excluding carboxylic acids is 2. The molecule has 122 valence electrons. The van der Waals surface area contributed by atoms with E-state index in [1.165, 1.54) is 17.4 Å². The summed E-state index contributed by atoms with van der Waals surface area (Å²) in [5, 5.41) is 1.54. The minimum absolute atomic E-state index is 0.296. The topological polar surface area (TPSA) is 80.3 Å². The van der Waals surface area contributed by atoms with Gasteiger partial charge >= 0.3 is 0 Å². The van der Waals surface area contributed by atoms with Crippen LogP contribution in [0.15, 0.2) is 18.2 Å². The summed E-state index contributed by atoms with van der Waals surface area (Å²) < 4.78 is 5.26. The molecule has 2 rings (SSSR count). The van der Waals surface area contributed by atoms with Crippen LogP contribution in [0.5, 0.6) is 5.75 Å². The Morgan fingerprint density at radius 1 is 1.26 bits per heavy atom. The maximum absolute atomic E-state index is 11.9. The predicted octanol–water partition coefficient (Wildman–Crippen LogP) is 2.91. The summed E-state index contributed by atoms with van der Waals surface area (Å²) in [5.41, 5.74) is 5.19. The van der Waals surface area contributed by atoms with Crippen LogP contribution in [0, 0.1) is 13.8 Å². The van der Waals surface area contributed by atoms with E-state index in [0.717, 1.165) is 5.01 Å². The maximum atomic E-state index is 11.9. The Morgan fingerprint density at radius 3 is 2.61 bits per heavy atom. The number of carbonyl (C=O) groups is 2. The number of hydrogen-bond acceptors (Lipinski definition) is 5. The molecule has 0 bridgehead atoms. The molecule has 0 radical (unpaired) electrons. The minimum Gasteiger partial charge on any atom is -0.482 e. The first-order chi connectivity index (χ1) is 10.9. The molecule has 2 N–H and O–H groups in total. The van der Waals surface area contributed by atoms with E-state index >= 15 is 0 Å². The summed E-state index contributed by atoms with van der Waals surface area (Å²) in [6.07, 6.45) is 0. The number of hydrogen-bond donors (Lipinski definition) is 2. The van der Waals surface area contributed by atoms with Crippen LogP contribution in [-0.2, 0) is 4.79 Å². The lowest BCUT2D eigenvalue weighted by Gasteiger charge is -2.09. The fourth-order valence-electron chi connectivity index (χ4n) is 1.70. The number of halogens is 2. The first kappa shape index (κ1) is 17.5. The number of benzene rings is 1. The number of aryl methyl sites for hydroxylation is 2. The average molecular weight is 374 g/mol. The predicted molar refractivity (Wildman–Crippen MR) is 89.2 cm³/mol. The fraction of sp³-hybridized carbons (Fsp3) is 0.214. The molecule has 0 atom stereocenters. The molecule has 0 aliphatic rings. The molecule has 1 aromatic carbocycles. The second-order valence-corrected chi connectivity index (χ2v) is 6.56. The van der Waals surface area contributed by atoms with Gasteiger partial charge in [-0.15, -0.1) is 11.3 Å². The normalized spacial score (nSPS) is 10.3. The van der Waals surface area contributed by atoms with E-state index in [0.29, 0.717) is 26.4 Å². The quantitative estimate of drug-likeness (QED) is 0.807. The number of aromatic nitrogens is 1. The second-order valence-electron chi connectivity index (χ2n) is 4.51. The van der Waals surface area contributed by atoms with Gasteiger partial charge in [-0.1, -0.05) is 23.2 Å². The Bertz CT molecular complexity index is 749. The molecule has 6 nitrogen and oxygen atoms in total. The number of amides is 2. The lowest BCUT2D eigenvalue weighted by Crippen LogP contribution is -2.43. The molecule has 0 aliphatic heterocycles. The van der Waals surface area contributed by atoms with Crippen molar-refractivity contribution in [1.82, 2.24) is 15.8 Å². The maximum Gasteiger partial charge on any atom is 0.281 e. The number of hydrazine groups is 1. The Kier molecular flexibility index (Phi) is 5.81. The van der Waals surface area contributed by atoms with Gasteiger partial charge in [0.25, 0.3) is 11.8 Å². The summed E-state index contributed by atoms with van der Waals surface area (Å²) in [4.78, 5) is 28.2. The first-order valence-electron chi connectivity index (χ1n) is 6.48. The van der Waals surface area contributed by atoms with E-state index in [-0.39, 0.29) is 6.61 Å². The molecule has 1 heterocycles. The monoisotopic (exact) mass is 373 g/mol. The van der Waals surface area contributed by atoms with Gasteiger partial charge in [-0.25, -0.2) is 4.98 Å². The highest BCUT2D eigenvalue weighted by Gasteiger charge is 2.14. The van der Waals surface area contributed by atoms with Crippen LogP contribution in [0.4, 0.5) is 0 Å². The van der Waals surface area contributed by atoms with E-state index in [9.17, 15) is 9.59 Å². The van der Waals surface area contributed by atoms with Gasteiger partial charge in [0.1, 0.15) is 10.6 Å². The van der Waals surface area contributed by atoms with Crippen LogP contribution in [0.1, 0.15) is 20.4 Å². The van der Waals surface area contributed by atoms with Gasteiger partial charge in [0, 0.05) is 5.02 Å². The summed E-state index contributed by atoms with van der Waals surface area (Å²) in [7, 11) is 0. The molecule has 9 heteroatoms. The average Bonchev–Trinajstić information content (AvgIpc) is 2.82. The molecular weight excluding hydrogens is 361 g/mol. The third-order valence-electron chi connectivity index (χ3n) is 2.68. The van der Waals surface area contributed by atoms with Crippen molar-refractivity contribution in [3.8, 4) is 5.75 Å². The van der Waals surface area contributed by atoms with Gasteiger partial charge < -0.3 is 4.74 Å². The van der Waals surface area contributed by atoms with Crippen LogP contribution in [-0.4, -0.2) is 23.4 Å². The number of rotatable bonds is 4. The SMILES string of the molecule is Cc1nc(C)c(C(=O)NNC(=O)COc2ccc(Cl)cc2Cl)s1. The largest absolute Gasteiger partial charge is 0.482 e. The van der Waals surface area contributed by atoms with Gasteiger partial charge in [0.2, 0.25) is 0 Å². The number of thiazole rings is 1. The van der Waals surface area contributed by atoms with Crippen LogP contribution >= 0.6 is 34.5 Å². The molecule has 0 fully saturated rings. The second kappa shape index (κ2) is 7.63. The fourth-order valence-corrected chi connectivity index (χ4v) is 2.97. The number of nitrogens with zero attached hydrogens (tertiary/aromatic N) is 1. The zero-order chi connectivity index (χ0) is 17.0. The number of ether oxygens (including phenoxy) is 1. The summed E-state index contributed by atoms with van der Waals surface area (Å²) in [6.45, 7) is 3.23. The van der Waals surface area contributed by atoms with Crippen molar-refractivity contribution >= 4 is 46.4 Å². The van der Waals surface area contributed by atoms with Gasteiger partial charge in [0.15, 0.2) is 6.61 Å². The van der Waals surface area contributed by atoms with Crippen molar-refractivity contribution in [1.29, 1.82) is 0 Å². The third-order valence-corrected chi connectivity index (χ3v) is 4.28. The van der Waals surface area contributed by atoms with Crippen molar-refractivity contribution < 1.29 is 14.3 Å². The molecular formula is C14H13Cl2N3O3S. The summed E-state index contributed by atoms with van der Waals surface area (Å²) in [5.74, 6) is -0.624. The molecule has 0 spiro atoms. The van der Waals surface area contributed by atoms with Gasteiger partial charge in [-0.3, -0.25) is 20.4 Å². The molecule has 0 saturated carbocycles. The summed E-state index contributed by atoms with van der Waals surface area (Å²) >= 11 is 12.9. The zero-order valence-electron chi connectivity index (χ0n) is 12.3. The molecule has 0 aliphatic carbocycles. The van der Waals surface area contributed by atoms with Crippen LogP contribution in [0.2, 0.25) is 10.0 Å². The minimum atomic E-state index is -0.525. The van der Waals surface area contributed by atoms with Crippen molar-refractivity contribution in [3.63, 3.8) is 0 Å². The highest BCUT2D eigenvalue weighted by Crippen LogP contribution is 2.27. The Morgan fingerprint density at radius 2 is 2.00 bits per heavy atom. The van der Waals surface area contributed by atoms with E-state index in [1.807, 2.05) is 0 Å². The van der Waals surface area contributed by atoms with Crippen molar-refractivity contribution in [2.75, 3.05) is 6.61 Å². The van der Waals surface area contributed by atoms with Crippen molar-refractivity contribution in [2.45, 2.75) is 13.8 Å². The van der Waals surface area contributed by atoms with E-state index in [1.54, 1.807) is 26.0 Å². The highest BCUT2D eigenvalue weighted by molar-refractivity contribution is 7.13. The smallest absolute Gasteiger partial charge is 0.281 e. The molecule has 1 aromatic heterocycles.